The van der Waals surface area contributed by atoms with Gasteiger partial charge in [-0.3, -0.25) is 0 Å². The number of allylic oxidation sites excluding steroid dienone is 2. The van der Waals surface area contributed by atoms with Crippen LogP contribution in [0.2, 0.25) is 0 Å². The van der Waals surface area contributed by atoms with Crippen LogP contribution in [0.4, 0.5) is 0 Å². The summed E-state index contributed by atoms with van der Waals surface area (Å²) in [5.41, 5.74) is 1.22. The molecule has 2 rings (SSSR count). The molecule has 0 fully saturated rings. The molecule has 2 heteroatoms. The van der Waals surface area contributed by atoms with Crippen LogP contribution in [0.3, 0.4) is 0 Å². The first-order chi connectivity index (χ1) is 8.69. The third kappa shape index (κ3) is 2.44. The molecule has 0 amide bonds. The zero-order valence-corrected chi connectivity index (χ0v) is 11.2. The number of phenols is 1. The van der Waals surface area contributed by atoms with Gasteiger partial charge in [0.1, 0.15) is 5.75 Å². The second kappa shape index (κ2) is 5.57. The van der Waals surface area contributed by atoms with Gasteiger partial charge in [0.05, 0.1) is 0 Å². The molecule has 0 spiro atoms. The van der Waals surface area contributed by atoms with Crippen molar-refractivity contribution >= 4 is 0 Å². The van der Waals surface area contributed by atoms with Gasteiger partial charge in [-0.15, -0.1) is 0 Å². The molecule has 0 saturated heterocycles. The summed E-state index contributed by atoms with van der Waals surface area (Å²) in [6.45, 7) is 5.82. The van der Waals surface area contributed by atoms with E-state index in [4.69, 9.17) is 4.74 Å². The molecule has 98 valence electrons. The Morgan fingerprint density at radius 1 is 1.44 bits per heavy atom. The molecule has 1 aromatic rings. The molecular weight excluding hydrogens is 224 g/mol. The fraction of sp³-hybridized carbons (Fsp3) is 0.500. The minimum Gasteiger partial charge on any atom is -0.508 e. The molecule has 0 saturated carbocycles. The maximum absolute atomic E-state index is 9.69. The first-order valence-electron chi connectivity index (χ1n) is 6.74. The molecule has 18 heavy (non-hydrogen) atoms. The standard InChI is InChI=1S/C16H22O2/c1-3-18-11-10-16(9-5-6-13(16)2)14-7-4-8-15(17)12-14/h4-5,7-9,12-13,17H,3,6,10-11H2,1-2H3/t13-,16?/m1/s1. The van der Waals surface area contributed by atoms with Crippen molar-refractivity contribution in [3.8, 4) is 5.75 Å². The summed E-state index contributed by atoms with van der Waals surface area (Å²) in [6, 6.07) is 7.64. The largest absolute Gasteiger partial charge is 0.508 e. The SMILES string of the molecule is CCOCCC1(c2cccc(O)c2)C=CC[C@H]1C. The van der Waals surface area contributed by atoms with Crippen LogP contribution >= 0.6 is 0 Å². The Morgan fingerprint density at radius 2 is 2.28 bits per heavy atom. The average Bonchev–Trinajstić information content (AvgIpc) is 2.72. The zero-order valence-electron chi connectivity index (χ0n) is 11.2. The molecular formula is C16H22O2. The second-order valence-corrected chi connectivity index (χ2v) is 5.08. The number of aromatic hydroxyl groups is 1. The Balaban J connectivity index is 2.27. The minimum atomic E-state index is 0.0217. The predicted octanol–water partition coefficient (Wildman–Crippen LogP) is 3.65. The van der Waals surface area contributed by atoms with E-state index in [1.54, 1.807) is 6.07 Å². The quantitative estimate of drug-likeness (QED) is 0.634. The number of benzene rings is 1. The molecule has 2 nitrogen and oxygen atoms in total. The molecule has 1 unspecified atom stereocenters. The molecule has 2 atom stereocenters. The van der Waals surface area contributed by atoms with Gasteiger partial charge in [0.25, 0.3) is 0 Å². The van der Waals surface area contributed by atoms with Gasteiger partial charge < -0.3 is 9.84 Å². The summed E-state index contributed by atoms with van der Waals surface area (Å²) in [4.78, 5) is 0. The molecule has 0 aromatic heterocycles. The van der Waals surface area contributed by atoms with E-state index in [2.05, 4.69) is 25.1 Å². The molecule has 0 heterocycles. The van der Waals surface area contributed by atoms with E-state index in [0.717, 1.165) is 26.1 Å². The number of hydrogen-bond acceptors (Lipinski definition) is 2. The molecule has 0 aliphatic heterocycles. The van der Waals surface area contributed by atoms with E-state index < -0.39 is 0 Å². The van der Waals surface area contributed by atoms with Gasteiger partial charge in [0.15, 0.2) is 0 Å². The fourth-order valence-corrected chi connectivity index (χ4v) is 2.89. The zero-order chi connectivity index (χ0) is 13.0. The molecule has 1 aromatic carbocycles. The van der Waals surface area contributed by atoms with Crippen molar-refractivity contribution in [2.75, 3.05) is 13.2 Å². The van der Waals surface area contributed by atoms with Gasteiger partial charge in [0.2, 0.25) is 0 Å². The lowest BCUT2D eigenvalue weighted by Gasteiger charge is -2.33. The third-order valence-electron chi connectivity index (χ3n) is 4.03. The number of hydrogen-bond donors (Lipinski definition) is 1. The third-order valence-corrected chi connectivity index (χ3v) is 4.03. The van der Waals surface area contributed by atoms with Gasteiger partial charge in [-0.25, -0.2) is 0 Å². The van der Waals surface area contributed by atoms with Crippen molar-refractivity contribution in [1.82, 2.24) is 0 Å². The van der Waals surface area contributed by atoms with E-state index in [9.17, 15) is 5.11 Å². The molecule has 0 radical (unpaired) electrons. The number of phenolic OH excluding ortho intramolecular Hbond substituents is 1. The lowest BCUT2D eigenvalue weighted by Crippen LogP contribution is -2.30. The Hall–Kier alpha value is -1.28. The van der Waals surface area contributed by atoms with Crippen LogP contribution < -0.4 is 0 Å². The van der Waals surface area contributed by atoms with Crippen molar-refractivity contribution in [3.63, 3.8) is 0 Å². The lowest BCUT2D eigenvalue weighted by molar-refractivity contribution is 0.124. The summed E-state index contributed by atoms with van der Waals surface area (Å²) in [5, 5.41) is 9.69. The molecule has 1 N–H and O–H groups in total. The molecule has 1 aliphatic rings. The Bertz CT molecular complexity index is 425. The summed E-state index contributed by atoms with van der Waals surface area (Å²) >= 11 is 0. The van der Waals surface area contributed by atoms with E-state index in [0.29, 0.717) is 11.7 Å². The highest BCUT2D eigenvalue weighted by molar-refractivity contribution is 5.39. The number of rotatable bonds is 5. The predicted molar refractivity (Wildman–Crippen MR) is 73.8 cm³/mol. The molecule has 0 bridgehead atoms. The fourth-order valence-electron chi connectivity index (χ4n) is 2.89. The lowest BCUT2D eigenvalue weighted by atomic mass is 9.71. The van der Waals surface area contributed by atoms with Crippen molar-refractivity contribution in [3.05, 3.63) is 42.0 Å². The minimum absolute atomic E-state index is 0.0217. The summed E-state index contributed by atoms with van der Waals surface area (Å²) in [6.07, 6.45) is 6.62. The van der Waals surface area contributed by atoms with Gasteiger partial charge >= 0.3 is 0 Å². The van der Waals surface area contributed by atoms with Crippen molar-refractivity contribution in [1.29, 1.82) is 0 Å². The Labute approximate surface area is 109 Å². The Kier molecular flexibility index (Phi) is 4.07. The average molecular weight is 246 g/mol. The van der Waals surface area contributed by atoms with E-state index in [1.807, 2.05) is 19.1 Å². The summed E-state index contributed by atoms with van der Waals surface area (Å²) in [7, 11) is 0. The monoisotopic (exact) mass is 246 g/mol. The summed E-state index contributed by atoms with van der Waals surface area (Å²) < 4.78 is 5.52. The van der Waals surface area contributed by atoms with Crippen molar-refractivity contribution in [2.45, 2.75) is 32.1 Å². The smallest absolute Gasteiger partial charge is 0.115 e. The van der Waals surface area contributed by atoms with Crippen LogP contribution in [0.5, 0.6) is 5.75 Å². The van der Waals surface area contributed by atoms with Gasteiger partial charge in [-0.1, -0.05) is 31.2 Å². The highest BCUT2D eigenvalue weighted by Crippen LogP contribution is 2.44. The van der Waals surface area contributed by atoms with E-state index in [1.165, 1.54) is 5.56 Å². The maximum atomic E-state index is 9.69. The van der Waals surface area contributed by atoms with Crippen LogP contribution in [0.1, 0.15) is 32.3 Å². The highest BCUT2D eigenvalue weighted by Gasteiger charge is 2.37. The molecule has 1 aliphatic carbocycles. The normalized spacial score (nSPS) is 26.7. The van der Waals surface area contributed by atoms with Crippen LogP contribution in [0.15, 0.2) is 36.4 Å². The van der Waals surface area contributed by atoms with Crippen LogP contribution in [-0.2, 0) is 10.2 Å². The second-order valence-electron chi connectivity index (χ2n) is 5.08. The van der Waals surface area contributed by atoms with Gasteiger partial charge in [0, 0.05) is 18.6 Å². The maximum Gasteiger partial charge on any atom is 0.115 e. The summed E-state index contributed by atoms with van der Waals surface area (Å²) in [5.74, 6) is 0.899. The van der Waals surface area contributed by atoms with Crippen LogP contribution in [-0.4, -0.2) is 18.3 Å². The van der Waals surface area contributed by atoms with Crippen LogP contribution in [0, 0.1) is 5.92 Å². The van der Waals surface area contributed by atoms with Crippen molar-refractivity contribution in [2.24, 2.45) is 5.92 Å². The first-order valence-corrected chi connectivity index (χ1v) is 6.74. The topological polar surface area (TPSA) is 29.5 Å². The van der Waals surface area contributed by atoms with Crippen LogP contribution in [0.25, 0.3) is 0 Å². The Morgan fingerprint density at radius 3 is 2.89 bits per heavy atom. The number of ether oxygens (including phenoxy) is 1. The first kappa shape index (κ1) is 13.2. The highest BCUT2D eigenvalue weighted by atomic mass is 16.5. The van der Waals surface area contributed by atoms with Gasteiger partial charge in [-0.2, -0.15) is 0 Å². The van der Waals surface area contributed by atoms with E-state index in [-0.39, 0.29) is 5.41 Å². The van der Waals surface area contributed by atoms with Gasteiger partial charge in [-0.05, 0) is 43.4 Å². The van der Waals surface area contributed by atoms with Crippen molar-refractivity contribution < 1.29 is 9.84 Å². The van der Waals surface area contributed by atoms with E-state index >= 15 is 0 Å².